The molecule has 2 N–H and O–H groups in total. The molecule has 3 aromatic carbocycles. The molecule has 0 aromatic heterocycles. The van der Waals surface area contributed by atoms with Gasteiger partial charge in [0.1, 0.15) is 12.6 Å². The Hall–Kier alpha value is -3.68. The average molecular weight is 476 g/mol. The summed E-state index contributed by atoms with van der Waals surface area (Å²) in [6.07, 6.45) is -0.661. The van der Waals surface area contributed by atoms with Crippen LogP contribution < -0.4 is 10.6 Å². The van der Waals surface area contributed by atoms with Crippen LogP contribution in [0.1, 0.15) is 16.7 Å². The van der Waals surface area contributed by atoms with E-state index in [0.29, 0.717) is 19.6 Å². The lowest BCUT2D eigenvalue weighted by molar-refractivity contribution is -0.143. The molecule has 0 aliphatic heterocycles. The molecule has 3 aromatic rings. The van der Waals surface area contributed by atoms with Crippen LogP contribution in [0.25, 0.3) is 0 Å². The largest absolute Gasteiger partial charge is 0.467 e. The Bertz CT molecular complexity index is 1020. The molecule has 0 fully saturated rings. The summed E-state index contributed by atoms with van der Waals surface area (Å²) in [7, 11) is 1.31. The van der Waals surface area contributed by atoms with E-state index in [9.17, 15) is 9.59 Å². The Kier molecular flexibility index (Phi) is 10.8. The van der Waals surface area contributed by atoms with Crippen molar-refractivity contribution in [3.05, 3.63) is 108 Å². The first-order chi connectivity index (χ1) is 17.1. The van der Waals surface area contributed by atoms with E-state index in [1.807, 2.05) is 78.9 Å². The van der Waals surface area contributed by atoms with Crippen LogP contribution in [0.2, 0.25) is 0 Å². The van der Waals surface area contributed by atoms with E-state index in [1.54, 1.807) is 0 Å². The Labute approximate surface area is 207 Å². The number of hydrogen-bond acceptors (Lipinski definition) is 6. The highest BCUT2D eigenvalue weighted by Gasteiger charge is 2.25. The van der Waals surface area contributed by atoms with E-state index in [1.165, 1.54) is 12.7 Å². The average Bonchev–Trinajstić information content (AvgIpc) is 2.90. The van der Waals surface area contributed by atoms with E-state index in [-0.39, 0.29) is 13.2 Å². The summed E-state index contributed by atoms with van der Waals surface area (Å²) >= 11 is 0. The minimum Gasteiger partial charge on any atom is -0.467 e. The highest BCUT2D eigenvalue weighted by Crippen LogP contribution is 2.07. The van der Waals surface area contributed by atoms with Gasteiger partial charge in [0.2, 0.25) is 0 Å². The van der Waals surface area contributed by atoms with E-state index in [4.69, 9.17) is 9.47 Å². The third-order valence-corrected chi connectivity index (χ3v) is 5.46. The molecule has 0 aliphatic rings. The number of benzene rings is 3. The maximum absolute atomic E-state index is 12.5. The van der Waals surface area contributed by atoms with Gasteiger partial charge in [-0.3, -0.25) is 4.90 Å². The van der Waals surface area contributed by atoms with Gasteiger partial charge in [0.05, 0.1) is 7.11 Å². The quantitative estimate of drug-likeness (QED) is 0.290. The number of hydrogen-bond donors (Lipinski definition) is 2. The number of rotatable bonds is 13. The Morgan fingerprint density at radius 1 is 0.829 bits per heavy atom. The molecule has 35 heavy (non-hydrogen) atoms. The first-order valence-corrected chi connectivity index (χ1v) is 11.7. The Morgan fingerprint density at radius 2 is 1.40 bits per heavy atom. The van der Waals surface area contributed by atoms with Crippen molar-refractivity contribution in [1.29, 1.82) is 0 Å². The summed E-state index contributed by atoms with van der Waals surface area (Å²) in [5, 5.41) is 6.12. The molecule has 0 unspecified atom stereocenters. The molecule has 1 atom stereocenters. The maximum Gasteiger partial charge on any atom is 0.408 e. The van der Waals surface area contributed by atoms with E-state index >= 15 is 0 Å². The zero-order valence-corrected chi connectivity index (χ0v) is 20.1. The molecule has 0 radical (unpaired) electrons. The zero-order chi connectivity index (χ0) is 24.7. The lowest BCUT2D eigenvalue weighted by Crippen LogP contribution is -2.50. The lowest BCUT2D eigenvalue weighted by Gasteiger charge is -2.27. The predicted octanol–water partition coefficient (Wildman–Crippen LogP) is 3.75. The van der Waals surface area contributed by atoms with Crippen LogP contribution in [-0.2, 0) is 34.0 Å². The van der Waals surface area contributed by atoms with Gasteiger partial charge in [-0.15, -0.1) is 0 Å². The van der Waals surface area contributed by atoms with Gasteiger partial charge in [0, 0.05) is 32.7 Å². The molecule has 7 nitrogen and oxygen atoms in total. The van der Waals surface area contributed by atoms with Crippen molar-refractivity contribution in [1.82, 2.24) is 15.5 Å². The summed E-state index contributed by atoms with van der Waals surface area (Å²) in [6, 6.07) is 28.7. The number of ether oxygens (including phenoxy) is 2. The standard InChI is InChI=1S/C28H33N3O4/c1-34-27(32)26(30-28(33)35-22-25-15-9-4-10-16-25)21-31(20-24-13-7-3-8-14-24)18-17-29-19-23-11-5-2-6-12-23/h2-16,26,29H,17-22H2,1H3,(H,30,33)/t26-/m0/s1. The third kappa shape index (κ3) is 9.60. The monoisotopic (exact) mass is 475 g/mol. The summed E-state index contributed by atoms with van der Waals surface area (Å²) in [5.41, 5.74) is 3.19. The molecule has 1 amide bonds. The molecule has 0 saturated carbocycles. The van der Waals surface area contributed by atoms with Crippen molar-refractivity contribution in [2.75, 3.05) is 26.7 Å². The fraction of sp³-hybridized carbons (Fsp3) is 0.286. The number of carbonyl (C=O) groups excluding carboxylic acids is 2. The smallest absolute Gasteiger partial charge is 0.408 e. The number of esters is 1. The van der Waals surface area contributed by atoms with Crippen molar-refractivity contribution in [2.45, 2.75) is 25.7 Å². The number of methoxy groups -OCH3 is 1. The molecule has 3 rings (SSSR count). The fourth-order valence-corrected chi connectivity index (χ4v) is 3.63. The van der Waals surface area contributed by atoms with Gasteiger partial charge in [-0.05, 0) is 16.7 Å². The first-order valence-electron chi connectivity index (χ1n) is 11.7. The van der Waals surface area contributed by atoms with E-state index in [2.05, 4.69) is 27.7 Å². The topological polar surface area (TPSA) is 79.9 Å². The highest BCUT2D eigenvalue weighted by atomic mass is 16.6. The minimum absolute atomic E-state index is 0.123. The predicted molar refractivity (Wildman–Crippen MR) is 135 cm³/mol. The molecule has 0 aliphatic carbocycles. The number of amides is 1. The van der Waals surface area contributed by atoms with Gasteiger partial charge < -0.3 is 20.1 Å². The number of nitrogens with one attached hydrogen (secondary N) is 2. The molecule has 184 valence electrons. The van der Waals surface area contributed by atoms with Gasteiger partial charge in [0.25, 0.3) is 0 Å². The summed E-state index contributed by atoms with van der Waals surface area (Å²) in [4.78, 5) is 27.0. The van der Waals surface area contributed by atoms with Crippen LogP contribution in [0.5, 0.6) is 0 Å². The number of nitrogens with zero attached hydrogens (tertiary/aromatic N) is 1. The molecular weight excluding hydrogens is 442 g/mol. The van der Waals surface area contributed by atoms with Crippen molar-refractivity contribution < 1.29 is 19.1 Å². The zero-order valence-electron chi connectivity index (χ0n) is 20.1. The van der Waals surface area contributed by atoms with Crippen LogP contribution in [0.3, 0.4) is 0 Å². The normalized spacial score (nSPS) is 11.6. The van der Waals surface area contributed by atoms with Crippen LogP contribution in [-0.4, -0.2) is 49.7 Å². The molecule has 0 saturated heterocycles. The van der Waals surface area contributed by atoms with Crippen molar-refractivity contribution in [3.63, 3.8) is 0 Å². The SMILES string of the molecule is COC(=O)[C@H](CN(CCNCc1ccccc1)Cc1ccccc1)NC(=O)OCc1ccccc1. The van der Waals surface area contributed by atoms with Gasteiger partial charge in [-0.2, -0.15) is 0 Å². The number of carbonyl (C=O) groups is 2. The first kappa shape index (κ1) is 25.9. The lowest BCUT2D eigenvalue weighted by atomic mass is 10.2. The van der Waals surface area contributed by atoms with Crippen LogP contribution in [0, 0.1) is 0 Å². The van der Waals surface area contributed by atoms with Gasteiger partial charge in [-0.25, -0.2) is 9.59 Å². The van der Waals surface area contributed by atoms with Crippen LogP contribution in [0.15, 0.2) is 91.0 Å². The van der Waals surface area contributed by atoms with E-state index < -0.39 is 18.1 Å². The fourth-order valence-electron chi connectivity index (χ4n) is 3.63. The summed E-state index contributed by atoms with van der Waals surface area (Å²) in [5.74, 6) is -0.517. The summed E-state index contributed by atoms with van der Waals surface area (Å²) in [6.45, 7) is 3.18. The maximum atomic E-state index is 12.5. The highest BCUT2D eigenvalue weighted by molar-refractivity contribution is 5.81. The number of alkyl carbamates (subject to hydrolysis) is 1. The minimum atomic E-state index is -0.860. The summed E-state index contributed by atoms with van der Waals surface area (Å²) < 4.78 is 10.3. The molecule has 0 bridgehead atoms. The molecular formula is C28H33N3O4. The second-order valence-corrected chi connectivity index (χ2v) is 8.16. The van der Waals surface area contributed by atoms with Gasteiger partial charge in [0.15, 0.2) is 0 Å². The Morgan fingerprint density at radius 3 is 2.00 bits per heavy atom. The van der Waals surface area contributed by atoms with Gasteiger partial charge in [-0.1, -0.05) is 91.0 Å². The molecule has 0 spiro atoms. The second-order valence-electron chi connectivity index (χ2n) is 8.16. The Balaban J connectivity index is 1.58. The van der Waals surface area contributed by atoms with E-state index in [0.717, 1.165) is 17.7 Å². The van der Waals surface area contributed by atoms with Crippen molar-refractivity contribution in [2.24, 2.45) is 0 Å². The van der Waals surface area contributed by atoms with Crippen LogP contribution in [0.4, 0.5) is 4.79 Å². The third-order valence-electron chi connectivity index (χ3n) is 5.46. The van der Waals surface area contributed by atoms with Gasteiger partial charge >= 0.3 is 12.1 Å². The molecule has 7 heteroatoms. The van der Waals surface area contributed by atoms with Crippen molar-refractivity contribution >= 4 is 12.1 Å². The van der Waals surface area contributed by atoms with Crippen LogP contribution >= 0.6 is 0 Å². The van der Waals surface area contributed by atoms with Crippen molar-refractivity contribution in [3.8, 4) is 0 Å². The molecule has 0 heterocycles. The second kappa shape index (κ2) is 14.6.